The zero-order chi connectivity index (χ0) is 20.5. The molecule has 1 heterocycles. The Hall–Kier alpha value is -1.01. The Bertz CT molecular complexity index is 730. The van der Waals surface area contributed by atoms with E-state index in [0.717, 1.165) is 0 Å². The van der Waals surface area contributed by atoms with Crippen LogP contribution < -0.4 is 5.46 Å². The third-order valence-electron chi connectivity index (χ3n) is 3.61. The Morgan fingerprint density at radius 3 is 2.15 bits per heavy atom. The smallest absolute Gasteiger partial charge is 0.399 e. The van der Waals surface area contributed by atoms with Crippen LogP contribution >= 0.6 is 0 Å². The molecule has 0 aromatic heterocycles. The minimum atomic E-state index is -5.14. The molecule has 2 rings (SSSR count). The average Bonchev–Trinajstić information content (AvgIpc) is 2.59. The first kappa shape index (κ1) is 9.10. The van der Waals surface area contributed by atoms with Crippen LogP contribution in [-0.2, 0) is 15.5 Å². The third-order valence-corrected chi connectivity index (χ3v) is 3.61. The lowest BCUT2D eigenvalue weighted by Crippen LogP contribution is -2.41. The molecule has 0 N–H and O–H groups in total. The zero-order valence-electron chi connectivity index (χ0n) is 17.5. The van der Waals surface area contributed by atoms with Crippen LogP contribution in [-0.4, -0.2) is 18.3 Å². The molecule has 1 fully saturated rings. The van der Waals surface area contributed by atoms with Crippen molar-refractivity contribution in [3.63, 3.8) is 0 Å². The summed E-state index contributed by atoms with van der Waals surface area (Å²) in [5.41, 5.74) is -5.16. The van der Waals surface area contributed by atoms with E-state index in [9.17, 15) is 13.2 Å². The molecule has 1 saturated heterocycles. The van der Waals surface area contributed by atoms with Crippen LogP contribution in [0.4, 0.5) is 13.2 Å². The minimum absolute atomic E-state index is 0.536. The molecule has 1 aliphatic rings. The monoisotopic (exact) mass is 292 g/mol. The maximum absolute atomic E-state index is 13.2. The Kier molecular flexibility index (Phi) is 2.05. The summed E-state index contributed by atoms with van der Waals surface area (Å²) in [6.07, 6.45) is -5.14. The second-order valence-electron chi connectivity index (χ2n) is 5.62. The van der Waals surface area contributed by atoms with Crippen LogP contribution in [0.15, 0.2) is 18.1 Å². The fraction of sp³-hybridized carbons (Fsp3) is 0.571. The standard InChI is InChI=1S/C14H18BF3O2/c1-9-8-10(14(16,17)18)6-7-11(9)15-19-12(2,3)13(4,5)20-15/h6-8H,1-5H3/i1D3,6D,7D,8D. The zero-order valence-corrected chi connectivity index (χ0v) is 11.5. The number of rotatable bonds is 1. The van der Waals surface area contributed by atoms with Crippen molar-refractivity contribution in [1.82, 2.24) is 0 Å². The highest BCUT2D eigenvalue weighted by Crippen LogP contribution is 2.37. The molecule has 110 valence electrons. The molecule has 0 amide bonds. The van der Waals surface area contributed by atoms with Crippen molar-refractivity contribution in [2.45, 2.75) is 51.9 Å². The van der Waals surface area contributed by atoms with Gasteiger partial charge in [0.1, 0.15) is 0 Å². The van der Waals surface area contributed by atoms with E-state index in [1.807, 2.05) is 0 Å². The lowest BCUT2D eigenvalue weighted by atomic mass is 9.76. The molecule has 0 bridgehead atoms. The second-order valence-corrected chi connectivity index (χ2v) is 5.62. The topological polar surface area (TPSA) is 18.5 Å². The van der Waals surface area contributed by atoms with Gasteiger partial charge in [-0.2, -0.15) is 13.2 Å². The third kappa shape index (κ3) is 2.59. The van der Waals surface area contributed by atoms with E-state index in [2.05, 4.69) is 0 Å². The molecular weight excluding hydrogens is 268 g/mol. The van der Waals surface area contributed by atoms with Gasteiger partial charge in [-0.15, -0.1) is 0 Å². The lowest BCUT2D eigenvalue weighted by Gasteiger charge is -2.32. The first-order chi connectivity index (χ1) is 11.4. The number of alkyl halides is 3. The molecule has 0 unspecified atom stereocenters. The molecule has 1 aromatic carbocycles. The van der Waals surface area contributed by atoms with Crippen LogP contribution in [0.2, 0.25) is 0 Å². The quantitative estimate of drug-likeness (QED) is 0.739. The van der Waals surface area contributed by atoms with Gasteiger partial charge in [-0.05, 0) is 46.1 Å². The molecule has 1 aliphatic heterocycles. The van der Waals surface area contributed by atoms with Crippen LogP contribution in [0.3, 0.4) is 0 Å². The molecule has 6 heteroatoms. The predicted octanol–water partition coefficient (Wildman–Crippen LogP) is 3.31. The fourth-order valence-corrected chi connectivity index (χ4v) is 1.70. The summed E-state index contributed by atoms with van der Waals surface area (Å²) in [5.74, 6) is 0. The van der Waals surface area contributed by atoms with Gasteiger partial charge in [0, 0.05) is 4.11 Å². The fourth-order valence-electron chi connectivity index (χ4n) is 1.70. The largest absolute Gasteiger partial charge is 0.495 e. The molecule has 0 radical (unpaired) electrons. The molecule has 1 aromatic rings. The summed E-state index contributed by atoms with van der Waals surface area (Å²) in [6.45, 7) is 3.48. The van der Waals surface area contributed by atoms with Crippen LogP contribution in [0, 0.1) is 6.85 Å². The molecule has 20 heavy (non-hydrogen) atoms. The molecule has 0 spiro atoms. The number of hydrogen-bond acceptors (Lipinski definition) is 2. The summed E-state index contributed by atoms with van der Waals surface area (Å²) in [5, 5.41) is 0. The van der Waals surface area contributed by atoms with E-state index in [1.165, 1.54) is 0 Å². The van der Waals surface area contributed by atoms with E-state index >= 15 is 0 Å². The molecular formula is C14H18BF3O2. The number of hydrogen-bond donors (Lipinski definition) is 0. The van der Waals surface area contributed by atoms with Crippen molar-refractivity contribution in [3.05, 3.63) is 29.3 Å². The molecule has 0 saturated carbocycles. The summed E-state index contributed by atoms with van der Waals surface area (Å²) < 4.78 is 97.2. The highest BCUT2D eigenvalue weighted by atomic mass is 19.4. The SMILES string of the molecule is [2H]c1c([2H])c(C(F)(F)F)c([2H])c(C([2H])([2H])[2H])c1B1OC(C)(C)C(C)(C)O1. The lowest BCUT2D eigenvalue weighted by molar-refractivity contribution is -0.137. The number of benzene rings is 1. The summed E-state index contributed by atoms with van der Waals surface area (Å²) in [7, 11) is -1.47. The predicted molar refractivity (Wildman–Crippen MR) is 71.9 cm³/mol. The molecule has 2 nitrogen and oxygen atoms in total. The van der Waals surface area contributed by atoms with Crippen molar-refractivity contribution in [2.75, 3.05) is 0 Å². The van der Waals surface area contributed by atoms with Crippen molar-refractivity contribution >= 4 is 12.6 Å². The average molecular weight is 292 g/mol. The van der Waals surface area contributed by atoms with Gasteiger partial charge < -0.3 is 9.31 Å². The summed E-state index contributed by atoms with van der Waals surface area (Å²) in [4.78, 5) is 0. The van der Waals surface area contributed by atoms with Gasteiger partial charge in [0.2, 0.25) is 0 Å². The van der Waals surface area contributed by atoms with E-state index in [1.54, 1.807) is 27.7 Å². The van der Waals surface area contributed by atoms with Gasteiger partial charge in [-0.25, -0.2) is 0 Å². The Morgan fingerprint density at radius 2 is 1.70 bits per heavy atom. The van der Waals surface area contributed by atoms with Crippen molar-refractivity contribution in [3.8, 4) is 0 Å². The highest BCUT2D eigenvalue weighted by Gasteiger charge is 2.52. The van der Waals surface area contributed by atoms with Crippen LogP contribution in [0.25, 0.3) is 0 Å². The van der Waals surface area contributed by atoms with Gasteiger partial charge in [-0.3, -0.25) is 0 Å². The van der Waals surface area contributed by atoms with Gasteiger partial charge in [0.15, 0.2) is 0 Å². The normalized spacial score (nSPS) is 26.2. The van der Waals surface area contributed by atoms with E-state index in [4.69, 9.17) is 17.5 Å². The van der Waals surface area contributed by atoms with Crippen molar-refractivity contribution < 1.29 is 30.7 Å². The first-order valence-electron chi connectivity index (χ1n) is 8.99. The molecule has 0 aliphatic carbocycles. The number of halogens is 3. The summed E-state index contributed by atoms with van der Waals surface area (Å²) >= 11 is 0. The Morgan fingerprint density at radius 1 is 1.15 bits per heavy atom. The van der Waals surface area contributed by atoms with E-state index in [0.29, 0.717) is 0 Å². The second kappa shape index (κ2) is 4.50. The first-order valence-corrected chi connectivity index (χ1v) is 5.99. The van der Waals surface area contributed by atoms with Crippen LogP contribution in [0.1, 0.15) is 47.0 Å². The van der Waals surface area contributed by atoms with E-state index < -0.39 is 66.1 Å². The Balaban J connectivity index is 2.84. The van der Waals surface area contributed by atoms with Gasteiger partial charge in [-0.1, -0.05) is 17.6 Å². The highest BCUT2D eigenvalue weighted by molar-refractivity contribution is 6.62. The van der Waals surface area contributed by atoms with Gasteiger partial charge in [0.25, 0.3) is 0 Å². The Labute approximate surface area is 125 Å². The minimum Gasteiger partial charge on any atom is -0.399 e. The summed E-state index contributed by atoms with van der Waals surface area (Å²) in [6, 6.07) is -3.61. The maximum atomic E-state index is 13.2. The molecule has 0 atom stereocenters. The van der Waals surface area contributed by atoms with Crippen molar-refractivity contribution in [1.29, 1.82) is 0 Å². The maximum Gasteiger partial charge on any atom is 0.495 e. The van der Waals surface area contributed by atoms with Gasteiger partial charge in [0.05, 0.1) is 20.9 Å². The van der Waals surface area contributed by atoms with Gasteiger partial charge >= 0.3 is 13.3 Å². The van der Waals surface area contributed by atoms with Crippen molar-refractivity contribution in [2.24, 2.45) is 0 Å². The van der Waals surface area contributed by atoms with E-state index in [-0.39, 0.29) is 0 Å². The van der Waals surface area contributed by atoms with Crippen LogP contribution in [0.5, 0.6) is 0 Å².